The summed E-state index contributed by atoms with van der Waals surface area (Å²) in [4.78, 5) is 12.4. The molecule has 0 atom stereocenters. The van der Waals surface area contributed by atoms with E-state index in [4.69, 9.17) is 0 Å². The number of H-pyrrole nitrogens is 1. The largest absolute Gasteiger partial charge is 0.348 e. The smallest absolute Gasteiger partial charge is 0.251 e. The van der Waals surface area contributed by atoms with Crippen molar-refractivity contribution in [2.75, 3.05) is 19.3 Å². The van der Waals surface area contributed by atoms with Crippen molar-refractivity contribution in [2.24, 2.45) is 5.92 Å². The molecule has 1 saturated heterocycles. The number of aromatic amines is 1. The molecule has 1 amide bonds. The van der Waals surface area contributed by atoms with Gasteiger partial charge in [0.25, 0.3) is 5.91 Å². The fourth-order valence-electron chi connectivity index (χ4n) is 3.68. The Morgan fingerprint density at radius 3 is 2.39 bits per heavy atom. The number of piperidine rings is 1. The van der Waals surface area contributed by atoms with E-state index in [1.807, 2.05) is 38.1 Å². The third-order valence-electron chi connectivity index (χ3n) is 5.49. The molecule has 2 aromatic rings. The lowest BCUT2D eigenvalue weighted by atomic mass is 9.91. The van der Waals surface area contributed by atoms with E-state index in [0.717, 1.165) is 36.2 Å². The Labute approximate surface area is 166 Å². The number of carbonyl (C=O) groups is 1. The maximum atomic E-state index is 12.4. The monoisotopic (exact) mass is 404 g/mol. The molecular formula is C20H28N4O3S. The van der Waals surface area contributed by atoms with Crippen LogP contribution in [0.25, 0.3) is 0 Å². The molecular weight excluding hydrogens is 376 g/mol. The lowest BCUT2D eigenvalue weighted by molar-refractivity contribution is 0.0951. The van der Waals surface area contributed by atoms with Crippen molar-refractivity contribution >= 4 is 15.9 Å². The molecule has 152 valence electrons. The summed E-state index contributed by atoms with van der Waals surface area (Å²) in [6.07, 6.45) is 3.93. The number of benzene rings is 1. The Morgan fingerprint density at radius 1 is 1.21 bits per heavy atom. The SMILES string of the molecule is Cc1n[nH]c(C)c1CNC(=O)c1ccc(CC2CCN(S(C)(=O)=O)CC2)cc1. The molecule has 1 fully saturated rings. The number of amides is 1. The van der Waals surface area contributed by atoms with Crippen LogP contribution in [0.4, 0.5) is 0 Å². The summed E-state index contributed by atoms with van der Waals surface area (Å²) in [7, 11) is -3.08. The molecule has 0 radical (unpaired) electrons. The molecule has 2 heterocycles. The summed E-state index contributed by atoms with van der Waals surface area (Å²) in [5.74, 6) is 0.373. The highest BCUT2D eigenvalue weighted by molar-refractivity contribution is 7.88. The number of rotatable bonds is 6. The molecule has 3 rings (SSSR count). The van der Waals surface area contributed by atoms with Gasteiger partial charge in [0.15, 0.2) is 0 Å². The van der Waals surface area contributed by atoms with Crippen LogP contribution in [0.5, 0.6) is 0 Å². The number of sulfonamides is 1. The summed E-state index contributed by atoms with van der Waals surface area (Å²) in [5.41, 5.74) is 4.70. The molecule has 0 unspecified atom stereocenters. The normalized spacial score (nSPS) is 16.2. The average Bonchev–Trinajstić information content (AvgIpc) is 2.98. The fraction of sp³-hybridized carbons (Fsp3) is 0.500. The quantitative estimate of drug-likeness (QED) is 0.771. The van der Waals surface area contributed by atoms with Gasteiger partial charge in [-0.2, -0.15) is 5.10 Å². The van der Waals surface area contributed by atoms with Crippen LogP contribution in [-0.4, -0.2) is 48.2 Å². The lowest BCUT2D eigenvalue weighted by Gasteiger charge is -2.30. The maximum absolute atomic E-state index is 12.4. The highest BCUT2D eigenvalue weighted by Crippen LogP contribution is 2.23. The first-order valence-corrected chi connectivity index (χ1v) is 11.4. The van der Waals surface area contributed by atoms with Crippen molar-refractivity contribution in [1.82, 2.24) is 19.8 Å². The number of nitrogens with one attached hydrogen (secondary N) is 2. The first-order valence-electron chi connectivity index (χ1n) is 9.56. The molecule has 2 N–H and O–H groups in total. The lowest BCUT2D eigenvalue weighted by Crippen LogP contribution is -2.38. The van der Waals surface area contributed by atoms with E-state index in [2.05, 4.69) is 15.5 Å². The van der Waals surface area contributed by atoms with Gasteiger partial charge in [-0.25, -0.2) is 12.7 Å². The van der Waals surface area contributed by atoms with Crippen LogP contribution in [0, 0.1) is 19.8 Å². The molecule has 1 aromatic carbocycles. The van der Waals surface area contributed by atoms with Crippen LogP contribution in [-0.2, 0) is 23.0 Å². The van der Waals surface area contributed by atoms with Gasteiger partial charge in [-0.1, -0.05) is 12.1 Å². The predicted octanol–water partition coefficient (Wildman–Crippen LogP) is 2.17. The number of nitrogens with zero attached hydrogens (tertiary/aromatic N) is 2. The van der Waals surface area contributed by atoms with E-state index < -0.39 is 10.0 Å². The van der Waals surface area contributed by atoms with E-state index in [-0.39, 0.29) is 5.91 Å². The van der Waals surface area contributed by atoms with Crippen LogP contribution >= 0.6 is 0 Å². The van der Waals surface area contributed by atoms with Crippen molar-refractivity contribution in [2.45, 2.75) is 39.7 Å². The summed E-state index contributed by atoms with van der Waals surface area (Å²) >= 11 is 0. The van der Waals surface area contributed by atoms with Gasteiger partial charge < -0.3 is 5.32 Å². The average molecular weight is 405 g/mol. The Morgan fingerprint density at radius 2 is 1.86 bits per heavy atom. The molecule has 28 heavy (non-hydrogen) atoms. The van der Waals surface area contributed by atoms with Gasteiger partial charge >= 0.3 is 0 Å². The maximum Gasteiger partial charge on any atom is 0.251 e. The topological polar surface area (TPSA) is 95.2 Å². The van der Waals surface area contributed by atoms with Crippen molar-refractivity contribution < 1.29 is 13.2 Å². The third kappa shape index (κ3) is 4.99. The molecule has 1 aromatic heterocycles. The van der Waals surface area contributed by atoms with E-state index in [1.165, 1.54) is 11.8 Å². The van der Waals surface area contributed by atoms with Crippen molar-refractivity contribution in [1.29, 1.82) is 0 Å². The number of hydrogen-bond acceptors (Lipinski definition) is 4. The molecule has 7 nitrogen and oxygen atoms in total. The fourth-order valence-corrected chi connectivity index (χ4v) is 4.55. The van der Waals surface area contributed by atoms with Gasteiger partial charge in [0.2, 0.25) is 10.0 Å². The Kier molecular flexibility index (Phi) is 6.20. The second-order valence-corrected chi connectivity index (χ2v) is 9.58. The van der Waals surface area contributed by atoms with Crippen LogP contribution in [0.2, 0.25) is 0 Å². The van der Waals surface area contributed by atoms with Crippen molar-refractivity contribution in [3.63, 3.8) is 0 Å². The molecule has 0 bridgehead atoms. The van der Waals surface area contributed by atoms with Gasteiger partial charge in [-0.15, -0.1) is 0 Å². The number of aromatic nitrogens is 2. The zero-order chi connectivity index (χ0) is 20.3. The van der Waals surface area contributed by atoms with E-state index in [9.17, 15) is 13.2 Å². The Hall–Kier alpha value is -2.19. The first-order chi connectivity index (χ1) is 13.2. The van der Waals surface area contributed by atoms with Gasteiger partial charge in [-0.3, -0.25) is 9.89 Å². The second kappa shape index (κ2) is 8.45. The molecule has 0 aliphatic carbocycles. The van der Waals surface area contributed by atoms with Gasteiger partial charge in [0.05, 0.1) is 11.9 Å². The van der Waals surface area contributed by atoms with Crippen molar-refractivity contribution in [3.8, 4) is 0 Å². The summed E-state index contributed by atoms with van der Waals surface area (Å²) < 4.78 is 24.8. The van der Waals surface area contributed by atoms with Gasteiger partial charge in [-0.05, 0) is 56.7 Å². The summed E-state index contributed by atoms with van der Waals surface area (Å²) in [6, 6.07) is 7.69. The summed E-state index contributed by atoms with van der Waals surface area (Å²) in [6.45, 7) is 5.50. The number of aryl methyl sites for hydroxylation is 2. The minimum atomic E-state index is -3.08. The van der Waals surface area contributed by atoms with E-state index in [0.29, 0.717) is 31.1 Å². The second-order valence-electron chi connectivity index (χ2n) is 7.60. The zero-order valence-corrected chi connectivity index (χ0v) is 17.5. The standard InChI is InChI=1S/C20H28N4O3S/c1-14-19(15(2)23-22-14)13-21-20(25)18-6-4-16(5-7-18)12-17-8-10-24(11-9-17)28(3,26)27/h4-7,17H,8-13H2,1-3H3,(H,21,25)(H,22,23). The van der Waals surface area contributed by atoms with E-state index >= 15 is 0 Å². The number of hydrogen-bond donors (Lipinski definition) is 2. The van der Waals surface area contributed by atoms with Gasteiger partial charge in [0.1, 0.15) is 0 Å². The molecule has 1 aliphatic heterocycles. The zero-order valence-electron chi connectivity index (χ0n) is 16.7. The minimum Gasteiger partial charge on any atom is -0.348 e. The molecule has 0 saturated carbocycles. The number of carbonyl (C=O) groups excluding carboxylic acids is 1. The van der Waals surface area contributed by atoms with E-state index in [1.54, 1.807) is 4.31 Å². The Balaban J connectivity index is 1.51. The minimum absolute atomic E-state index is 0.104. The highest BCUT2D eigenvalue weighted by Gasteiger charge is 2.24. The molecule has 8 heteroatoms. The predicted molar refractivity (Wildman–Crippen MR) is 109 cm³/mol. The molecule has 1 aliphatic rings. The Bertz CT molecular complexity index is 907. The van der Waals surface area contributed by atoms with Crippen LogP contribution in [0.1, 0.15) is 45.7 Å². The van der Waals surface area contributed by atoms with Crippen LogP contribution < -0.4 is 5.32 Å². The third-order valence-corrected chi connectivity index (χ3v) is 6.79. The first kappa shape index (κ1) is 20.5. The van der Waals surface area contributed by atoms with Gasteiger partial charge in [0, 0.05) is 36.5 Å². The summed E-state index contributed by atoms with van der Waals surface area (Å²) in [5, 5.41) is 10.0. The van der Waals surface area contributed by atoms with Crippen LogP contribution in [0.3, 0.4) is 0 Å². The highest BCUT2D eigenvalue weighted by atomic mass is 32.2. The van der Waals surface area contributed by atoms with Crippen molar-refractivity contribution in [3.05, 3.63) is 52.3 Å². The van der Waals surface area contributed by atoms with Crippen LogP contribution in [0.15, 0.2) is 24.3 Å². The molecule has 0 spiro atoms.